The predicted octanol–water partition coefficient (Wildman–Crippen LogP) is 3.26. The number of para-hydroxylation sites is 1. The molecule has 2 rings (SSSR count). The lowest BCUT2D eigenvalue weighted by Gasteiger charge is -2.19. The van der Waals surface area contributed by atoms with Crippen molar-refractivity contribution in [1.29, 1.82) is 0 Å². The second-order valence-corrected chi connectivity index (χ2v) is 5.92. The van der Waals surface area contributed by atoms with Gasteiger partial charge in [0.1, 0.15) is 12.4 Å². The van der Waals surface area contributed by atoms with Crippen LogP contribution in [0.3, 0.4) is 0 Å². The Hall–Kier alpha value is -1.84. The lowest BCUT2D eigenvalue weighted by Crippen LogP contribution is -2.24. The highest BCUT2D eigenvalue weighted by Gasteiger charge is 2.05. The van der Waals surface area contributed by atoms with Gasteiger partial charge in [0, 0.05) is 25.2 Å². The SMILES string of the molecule is CN(C)Cc1ccccc1OCCN(C)Cc1ccccc1. The second kappa shape index (κ2) is 8.57. The van der Waals surface area contributed by atoms with Gasteiger partial charge in [0.15, 0.2) is 0 Å². The van der Waals surface area contributed by atoms with Gasteiger partial charge in [-0.25, -0.2) is 0 Å². The third-order valence-electron chi connectivity index (χ3n) is 3.49. The third-order valence-corrected chi connectivity index (χ3v) is 3.49. The Bertz CT molecular complexity index is 554. The fourth-order valence-corrected chi connectivity index (χ4v) is 2.40. The van der Waals surface area contributed by atoms with Crippen molar-refractivity contribution in [2.24, 2.45) is 0 Å². The highest BCUT2D eigenvalue weighted by molar-refractivity contribution is 5.33. The topological polar surface area (TPSA) is 15.7 Å². The van der Waals surface area contributed by atoms with Crippen molar-refractivity contribution in [1.82, 2.24) is 9.80 Å². The Kier molecular flexibility index (Phi) is 6.44. The number of hydrogen-bond donors (Lipinski definition) is 0. The molecule has 3 heteroatoms. The number of likely N-dealkylation sites (N-methyl/N-ethyl adjacent to an activating group) is 1. The van der Waals surface area contributed by atoms with E-state index in [1.54, 1.807) is 0 Å². The average Bonchev–Trinajstić information content (AvgIpc) is 2.49. The standard InChI is InChI=1S/C19H26N2O/c1-20(2)16-18-11-7-8-12-19(18)22-14-13-21(3)15-17-9-5-4-6-10-17/h4-12H,13-16H2,1-3H3. The Labute approximate surface area is 134 Å². The van der Waals surface area contributed by atoms with Gasteiger partial charge in [-0.05, 0) is 32.8 Å². The lowest BCUT2D eigenvalue weighted by molar-refractivity contribution is 0.229. The maximum absolute atomic E-state index is 5.98. The third kappa shape index (κ3) is 5.51. The maximum Gasteiger partial charge on any atom is 0.123 e. The van der Waals surface area contributed by atoms with Crippen LogP contribution in [0.1, 0.15) is 11.1 Å². The van der Waals surface area contributed by atoms with E-state index in [1.807, 2.05) is 12.1 Å². The number of nitrogens with zero attached hydrogens (tertiary/aromatic N) is 2. The number of rotatable bonds is 8. The molecule has 0 radical (unpaired) electrons. The van der Waals surface area contributed by atoms with Gasteiger partial charge in [0.25, 0.3) is 0 Å². The van der Waals surface area contributed by atoms with E-state index in [-0.39, 0.29) is 0 Å². The fraction of sp³-hybridized carbons (Fsp3) is 0.368. The van der Waals surface area contributed by atoms with E-state index in [9.17, 15) is 0 Å². The van der Waals surface area contributed by atoms with Crippen LogP contribution in [0.5, 0.6) is 5.75 Å². The first-order valence-electron chi connectivity index (χ1n) is 7.73. The molecular weight excluding hydrogens is 272 g/mol. The summed E-state index contributed by atoms with van der Waals surface area (Å²) < 4.78 is 5.98. The van der Waals surface area contributed by atoms with E-state index < -0.39 is 0 Å². The van der Waals surface area contributed by atoms with Crippen molar-refractivity contribution in [3.8, 4) is 5.75 Å². The van der Waals surface area contributed by atoms with E-state index >= 15 is 0 Å². The van der Waals surface area contributed by atoms with Crippen LogP contribution in [0.25, 0.3) is 0 Å². The molecule has 0 aliphatic rings. The number of hydrogen-bond acceptors (Lipinski definition) is 3. The predicted molar refractivity (Wildman–Crippen MR) is 92.1 cm³/mol. The fourth-order valence-electron chi connectivity index (χ4n) is 2.40. The van der Waals surface area contributed by atoms with E-state index in [0.717, 1.165) is 25.4 Å². The number of ether oxygens (including phenoxy) is 1. The molecule has 0 aromatic heterocycles. The molecule has 0 saturated heterocycles. The molecule has 3 nitrogen and oxygen atoms in total. The van der Waals surface area contributed by atoms with Crippen molar-refractivity contribution < 1.29 is 4.74 Å². The summed E-state index contributed by atoms with van der Waals surface area (Å²) in [5, 5.41) is 0. The molecule has 0 N–H and O–H groups in total. The van der Waals surface area contributed by atoms with Crippen LogP contribution in [0.15, 0.2) is 54.6 Å². The van der Waals surface area contributed by atoms with Gasteiger partial charge in [0.2, 0.25) is 0 Å². The van der Waals surface area contributed by atoms with Gasteiger partial charge in [-0.1, -0.05) is 48.5 Å². The van der Waals surface area contributed by atoms with E-state index in [0.29, 0.717) is 6.61 Å². The molecule has 0 heterocycles. The molecule has 0 saturated carbocycles. The molecule has 0 unspecified atom stereocenters. The minimum atomic E-state index is 0.702. The first-order valence-corrected chi connectivity index (χ1v) is 7.73. The van der Waals surface area contributed by atoms with Crippen LogP contribution in [0, 0.1) is 0 Å². The summed E-state index contributed by atoms with van der Waals surface area (Å²) in [6.07, 6.45) is 0. The second-order valence-electron chi connectivity index (χ2n) is 5.92. The van der Waals surface area contributed by atoms with Gasteiger partial charge in [-0.15, -0.1) is 0 Å². The van der Waals surface area contributed by atoms with E-state index in [4.69, 9.17) is 4.74 Å². The Morgan fingerprint density at radius 2 is 1.50 bits per heavy atom. The zero-order chi connectivity index (χ0) is 15.8. The van der Waals surface area contributed by atoms with Gasteiger partial charge in [-0.2, -0.15) is 0 Å². The summed E-state index contributed by atoms with van der Waals surface area (Å²) in [6, 6.07) is 18.8. The van der Waals surface area contributed by atoms with Crippen LogP contribution < -0.4 is 4.74 Å². The summed E-state index contributed by atoms with van der Waals surface area (Å²) in [7, 11) is 6.27. The van der Waals surface area contributed by atoms with E-state index in [1.165, 1.54) is 11.1 Å². The van der Waals surface area contributed by atoms with E-state index in [2.05, 4.69) is 73.4 Å². The molecule has 0 amide bonds. The molecule has 2 aromatic rings. The monoisotopic (exact) mass is 298 g/mol. The summed E-state index contributed by atoms with van der Waals surface area (Å²) >= 11 is 0. The van der Waals surface area contributed by atoms with Gasteiger partial charge in [-0.3, -0.25) is 4.90 Å². The molecule has 0 aliphatic heterocycles. The minimum Gasteiger partial charge on any atom is -0.492 e. The average molecular weight is 298 g/mol. The van der Waals surface area contributed by atoms with Crippen LogP contribution in [0.2, 0.25) is 0 Å². The maximum atomic E-state index is 5.98. The molecule has 0 spiro atoms. The summed E-state index contributed by atoms with van der Waals surface area (Å²) in [4.78, 5) is 4.44. The quantitative estimate of drug-likeness (QED) is 0.744. The van der Waals surface area contributed by atoms with Crippen molar-refractivity contribution in [2.45, 2.75) is 13.1 Å². The van der Waals surface area contributed by atoms with Crippen molar-refractivity contribution in [3.05, 3.63) is 65.7 Å². The smallest absolute Gasteiger partial charge is 0.123 e. The zero-order valence-corrected chi connectivity index (χ0v) is 13.8. The zero-order valence-electron chi connectivity index (χ0n) is 13.8. The Morgan fingerprint density at radius 1 is 0.818 bits per heavy atom. The molecule has 0 bridgehead atoms. The molecule has 0 aliphatic carbocycles. The molecule has 118 valence electrons. The van der Waals surface area contributed by atoms with Crippen LogP contribution in [0.4, 0.5) is 0 Å². The van der Waals surface area contributed by atoms with Gasteiger partial charge >= 0.3 is 0 Å². The van der Waals surface area contributed by atoms with Crippen LogP contribution in [-0.4, -0.2) is 44.1 Å². The summed E-state index contributed by atoms with van der Waals surface area (Å²) in [6.45, 7) is 3.46. The number of benzene rings is 2. The molecule has 0 fully saturated rings. The molecule has 0 atom stereocenters. The van der Waals surface area contributed by atoms with Crippen molar-refractivity contribution >= 4 is 0 Å². The minimum absolute atomic E-state index is 0.702. The first kappa shape index (κ1) is 16.5. The van der Waals surface area contributed by atoms with Crippen molar-refractivity contribution in [2.75, 3.05) is 34.3 Å². The molecule has 2 aromatic carbocycles. The van der Waals surface area contributed by atoms with Crippen LogP contribution >= 0.6 is 0 Å². The van der Waals surface area contributed by atoms with Crippen molar-refractivity contribution in [3.63, 3.8) is 0 Å². The van der Waals surface area contributed by atoms with Gasteiger partial charge < -0.3 is 9.64 Å². The molecular formula is C19H26N2O. The largest absolute Gasteiger partial charge is 0.492 e. The first-order chi connectivity index (χ1) is 10.6. The Morgan fingerprint density at radius 3 is 2.23 bits per heavy atom. The lowest BCUT2D eigenvalue weighted by atomic mass is 10.2. The summed E-state index contributed by atoms with van der Waals surface area (Å²) in [5.41, 5.74) is 2.57. The normalized spacial score (nSPS) is 11.1. The Balaban J connectivity index is 1.81. The van der Waals surface area contributed by atoms with Gasteiger partial charge in [0.05, 0.1) is 0 Å². The molecule has 22 heavy (non-hydrogen) atoms. The highest BCUT2D eigenvalue weighted by atomic mass is 16.5. The summed E-state index contributed by atoms with van der Waals surface area (Å²) in [5.74, 6) is 0.990. The van der Waals surface area contributed by atoms with Crippen LogP contribution in [-0.2, 0) is 13.1 Å². The highest BCUT2D eigenvalue weighted by Crippen LogP contribution is 2.19.